The van der Waals surface area contributed by atoms with Crippen LogP contribution in [-0.4, -0.2) is 72.5 Å². The lowest BCUT2D eigenvalue weighted by molar-refractivity contribution is -0.144. The van der Waals surface area contributed by atoms with Gasteiger partial charge >= 0.3 is 0 Å². The van der Waals surface area contributed by atoms with Crippen molar-refractivity contribution in [3.63, 3.8) is 0 Å². The number of carbonyl (C=O) groups excluding carboxylic acids is 3. The van der Waals surface area contributed by atoms with Crippen LogP contribution in [-0.2, 0) is 28.7 Å². The van der Waals surface area contributed by atoms with Crippen LogP contribution in [0, 0.1) is 19.3 Å². The van der Waals surface area contributed by atoms with E-state index in [1.54, 1.807) is 35.6 Å². The monoisotopic (exact) mass is 852 g/mol. The second-order valence-corrected chi connectivity index (χ2v) is 19.8. The third kappa shape index (κ3) is 15.4. The van der Waals surface area contributed by atoms with Gasteiger partial charge in [-0.1, -0.05) is 133 Å². The summed E-state index contributed by atoms with van der Waals surface area (Å²) < 4.78 is 29.7. The van der Waals surface area contributed by atoms with Gasteiger partial charge in [0.25, 0.3) is 10.1 Å². The van der Waals surface area contributed by atoms with Crippen molar-refractivity contribution in [3.8, 4) is 10.4 Å². The van der Waals surface area contributed by atoms with Crippen LogP contribution in [0.15, 0.2) is 58.9 Å². The first-order chi connectivity index (χ1) is 28.1. The first-order valence-corrected chi connectivity index (χ1v) is 23.9. The minimum Gasteiger partial charge on any atom is -0.391 e. The quantitative estimate of drug-likeness (QED) is 0.0596. The van der Waals surface area contributed by atoms with E-state index < -0.39 is 33.7 Å². The van der Waals surface area contributed by atoms with Gasteiger partial charge in [-0.2, -0.15) is 8.42 Å². The van der Waals surface area contributed by atoms with E-state index in [9.17, 15) is 27.9 Å². The Morgan fingerprint density at radius 2 is 1.41 bits per heavy atom. The minimum absolute atomic E-state index is 0.0398. The molecule has 0 radical (unpaired) electrons. The van der Waals surface area contributed by atoms with Gasteiger partial charge in [-0.15, -0.1) is 11.3 Å². The zero-order valence-electron chi connectivity index (χ0n) is 36.1. The molecule has 4 rings (SSSR count). The fraction of sp³-hybridized carbons (Fsp3) is 0.609. The number of aryl methyl sites for hydroxylation is 2. The Hall–Kier alpha value is -3.65. The van der Waals surface area contributed by atoms with Crippen molar-refractivity contribution < 1.29 is 32.1 Å². The number of amides is 3. The number of hydrogen-bond acceptors (Lipinski definition) is 9. The largest absolute Gasteiger partial charge is 0.391 e. The van der Waals surface area contributed by atoms with Crippen LogP contribution in [0.2, 0.25) is 0 Å². The predicted molar refractivity (Wildman–Crippen MR) is 235 cm³/mol. The maximum atomic E-state index is 14.0. The molecule has 3 aromatic rings. The smallest absolute Gasteiger partial charge is 0.296 e. The van der Waals surface area contributed by atoms with Gasteiger partial charge in [0, 0.05) is 19.4 Å². The molecule has 326 valence electrons. The summed E-state index contributed by atoms with van der Waals surface area (Å²) in [4.78, 5) is 47.8. The molecule has 1 aromatic heterocycles. The molecule has 11 nitrogen and oxygen atoms in total. The highest BCUT2D eigenvalue weighted by Gasteiger charge is 2.44. The number of rotatable bonds is 24. The molecule has 3 N–H and O–H groups in total. The van der Waals surface area contributed by atoms with Crippen molar-refractivity contribution in [2.75, 3.05) is 13.2 Å². The van der Waals surface area contributed by atoms with Crippen LogP contribution in [0.3, 0.4) is 0 Å². The third-order valence-corrected chi connectivity index (χ3v) is 13.5. The lowest BCUT2D eigenvalue weighted by Crippen LogP contribution is -2.57. The van der Waals surface area contributed by atoms with Gasteiger partial charge in [-0.3, -0.25) is 18.6 Å². The number of thiazole rings is 1. The molecule has 1 fully saturated rings. The first kappa shape index (κ1) is 48.0. The van der Waals surface area contributed by atoms with E-state index >= 15 is 0 Å². The van der Waals surface area contributed by atoms with Crippen LogP contribution >= 0.6 is 11.3 Å². The molecule has 4 atom stereocenters. The molecule has 0 aliphatic carbocycles. The molecule has 0 saturated carbocycles. The molecule has 13 heteroatoms. The summed E-state index contributed by atoms with van der Waals surface area (Å²) in [5.41, 5.74) is 5.20. The van der Waals surface area contributed by atoms with E-state index in [1.807, 2.05) is 71.3 Å². The Morgan fingerprint density at radius 1 is 0.847 bits per heavy atom. The molecule has 2 heterocycles. The number of nitrogens with one attached hydrogen (secondary N) is 2. The summed E-state index contributed by atoms with van der Waals surface area (Å²) in [6.45, 7) is 11.8. The molecule has 1 aliphatic heterocycles. The van der Waals surface area contributed by atoms with Gasteiger partial charge in [0.05, 0.1) is 39.7 Å². The maximum absolute atomic E-state index is 14.0. The SMILES string of the molecule is Cc1ccc(S(=O)(=O)OCCCCCCCCCCCCCCCC(=O)NC(C(=O)N2C[C@H](O)C[C@H]2C(=O)NC(C)c2ccc(-c3scnc3C)cc2)C(C)(C)C)cc1. The van der Waals surface area contributed by atoms with Crippen LogP contribution in [0.25, 0.3) is 10.4 Å². The average molecular weight is 853 g/mol. The van der Waals surface area contributed by atoms with Gasteiger partial charge in [-0.05, 0) is 62.3 Å². The zero-order valence-corrected chi connectivity index (χ0v) is 37.8. The number of aliphatic hydroxyl groups is 1. The van der Waals surface area contributed by atoms with Gasteiger partial charge in [0.15, 0.2) is 0 Å². The molecule has 1 aliphatic rings. The number of carbonyl (C=O) groups is 3. The van der Waals surface area contributed by atoms with Crippen molar-refractivity contribution in [1.29, 1.82) is 0 Å². The van der Waals surface area contributed by atoms with E-state index in [4.69, 9.17) is 4.18 Å². The summed E-state index contributed by atoms with van der Waals surface area (Å²) in [7, 11) is -3.68. The van der Waals surface area contributed by atoms with Crippen molar-refractivity contribution in [1.82, 2.24) is 20.5 Å². The highest BCUT2D eigenvalue weighted by molar-refractivity contribution is 7.86. The van der Waals surface area contributed by atoms with Gasteiger partial charge < -0.3 is 20.6 Å². The molecule has 0 spiro atoms. The number of aromatic nitrogens is 1. The Balaban J connectivity index is 1.07. The maximum Gasteiger partial charge on any atom is 0.296 e. The highest BCUT2D eigenvalue weighted by atomic mass is 32.2. The summed E-state index contributed by atoms with van der Waals surface area (Å²) >= 11 is 1.59. The summed E-state index contributed by atoms with van der Waals surface area (Å²) in [5, 5.41) is 16.6. The number of aliphatic hydroxyl groups excluding tert-OH is 1. The molecule has 3 amide bonds. The number of hydrogen-bond donors (Lipinski definition) is 3. The van der Waals surface area contributed by atoms with E-state index in [1.165, 1.54) is 37.0 Å². The molecule has 59 heavy (non-hydrogen) atoms. The summed E-state index contributed by atoms with van der Waals surface area (Å²) in [5.74, 6) is -0.852. The van der Waals surface area contributed by atoms with Crippen molar-refractivity contribution in [3.05, 3.63) is 70.9 Å². The molecule has 1 saturated heterocycles. The Morgan fingerprint density at radius 3 is 1.95 bits per heavy atom. The van der Waals surface area contributed by atoms with Crippen LogP contribution in [0.1, 0.15) is 147 Å². The molecular weight excluding hydrogens is 785 g/mol. The standard InChI is InChI=1S/C46H68N4O7S2/c1-33-21-27-39(28-22-33)59(55,56)57-29-19-17-15-13-11-9-7-8-10-12-14-16-18-20-41(52)49-43(46(4,5)6)45(54)50-31-38(51)30-40(50)44(53)48-34(2)36-23-25-37(26-24-36)42-35(3)47-32-58-42/h21-28,32,34,38,40,43,51H,7-20,29-31H2,1-6H3,(H,48,53)(H,49,52)/t34?,38-,40+,43?/m1/s1. The zero-order chi connectivity index (χ0) is 43.0. The Bertz CT molecular complexity index is 1870. The van der Waals surface area contributed by atoms with E-state index in [0.29, 0.717) is 6.42 Å². The predicted octanol–water partition coefficient (Wildman–Crippen LogP) is 8.96. The topological polar surface area (TPSA) is 155 Å². The Labute approximate surface area is 357 Å². The van der Waals surface area contributed by atoms with E-state index in [-0.39, 0.29) is 48.2 Å². The van der Waals surface area contributed by atoms with Crippen LogP contribution < -0.4 is 10.6 Å². The minimum atomic E-state index is -3.68. The fourth-order valence-electron chi connectivity index (χ4n) is 7.52. The first-order valence-electron chi connectivity index (χ1n) is 21.6. The number of nitrogens with zero attached hydrogens (tertiary/aromatic N) is 2. The van der Waals surface area contributed by atoms with E-state index in [2.05, 4.69) is 15.6 Å². The second kappa shape index (κ2) is 23.4. The number of β-amino-alcohol motifs (C(OH)–C–C–N with tert-alkyl or cyclic N) is 1. The summed E-state index contributed by atoms with van der Waals surface area (Å²) in [6, 6.07) is 12.7. The van der Waals surface area contributed by atoms with Crippen molar-refractivity contribution >= 4 is 39.2 Å². The summed E-state index contributed by atoms with van der Waals surface area (Å²) in [6.07, 6.45) is 13.4. The average Bonchev–Trinajstić information content (AvgIpc) is 3.81. The second-order valence-electron chi connectivity index (χ2n) is 17.3. The molecule has 0 bridgehead atoms. The van der Waals surface area contributed by atoms with Crippen molar-refractivity contribution in [2.24, 2.45) is 5.41 Å². The van der Waals surface area contributed by atoms with Crippen molar-refractivity contribution in [2.45, 2.75) is 167 Å². The molecular formula is C46H68N4O7S2. The van der Waals surface area contributed by atoms with Gasteiger partial charge in [-0.25, -0.2) is 4.98 Å². The van der Waals surface area contributed by atoms with Gasteiger partial charge in [0.1, 0.15) is 12.1 Å². The van der Waals surface area contributed by atoms with Crippen LogP contribution in [0.5, 0.6) is 0 Å². The fourth-order valence-corrected chi connectivity index (χ4v) is 9.28. The number of unbranched alkanes of at least 4 members (excludes halogenated alkanes) is 12. The third-order valence-electron chi connectivity index (χ3n) is 11.2. The molecule has 2 unspecified atom stereocenters. The number of benzene rings is 2. The lowest BCUT2D eigenvalue weighted by atomic mass is 9.85. The van der Waals surface area contributed by atoms with E-state index in [0.717, 1.165) is 78.6 Å². The van der Waals surface area contributed by atoms with Gasteiger partial charge in [0.2, 0.25) is 17.7 Å². The van der Waals surface area contributed by atoms with Crippen LogP contribution in [0.4, 0.5) is 0 Å². The Kier molecular flexibility index (Phi) is 19.0. The lowest BCUT2D eigenvalue weighted by Gasteiger charge is -2.35. The molecule has 2 aromatic carbocycles. The normalized spacial score (nSPS) is 16.8. The highest BCUT2D eigenvalue weighted by Crippen LogP contribution is 2.30. The number of likely N-dealkylation sites (tertiary alicyclic amines) is 1.